The number of halogens is 1. The first kappa shape index (κ1) is 22.9. The second-order valence-electron chi connectivity index (χ2n) is 7.09. The van der Waals surface area contributed by atoms with Crippen molar-refractivity contribution in [3.8, 4) is 28.6 Å². The van der Waals surface area contributed by atoms with Crippen molar-refractivity contribution in [2.75, 3.05) is 19.6 Å². The monoisotopic (exact) mass is 526 g/mol. The van der Waals surface area contributed by atoms with Crippen LogP contribution in [0.5, 0.6) is 17.2 Å². The number of nitrogens with zero attached hydrogens (tertiary/aromatic N) is 2. The van der Waals surface area contributed by atoms with Gasteiger partial charge in [0.1, 0.15) is 12.4 Å². The number of nitrogens with one attached hydrogen (secondary N) is 2. The minimum absolute atomic E-state index is 0.446. The highest BCUT2D eigenvalue weighted by Gasteiger charge is 2.15. The van der Waals surface area contributed by atoms with Gasteiger partial charge >= 0.3 is 0 Å². The number of aromatic amines is 1. The van der Waals surface area contributed by atoms with E-state index in [9.17, 15) is 0 Å². The molecule has 0 saturated heterocycles. The second-order valence-corrected chi connectivity index (χ2v) is 8.33. The molecule has 0 aliphatic carbocycles. The maximum atomic E-state index is 6.00. The molecule has 1 heterocycles. The van der Waals surface area contributed by atoms with Crippen LogP contribution < -0.4 is 19.6 Å². The van der Waals surface area contributed by atoms with E-state index in [4.69, 9.17) is 26.4 Å². The van der Waals surface area contributed by atoms with Crippen molar-refractivity contribution in [1.82, 2.24) is 14.9 Å². The van der Waals surface area contributed by atoms with Gasteiger partial charge in [0.05, 0.1) is 26.3 Å². The molecule has 170 valence electrons. The summed E-state index contributed by atoms with van der Waals surface area (Å²) in [6.45, 7) is 0.916. The summed E-state index contributed by atoms with van der Waals surface area (Å²) in [5.74, 6) is 2.64. The van der Waals surface area contributed by atoms with Crippen molar-refractivity contribution in [1.29, 1.82) is 0 Å². The fraction of sp³-hybridized carbons (Fsp3) is 0.167. The van der Waals surface area contributed by atoms with Crippen LogP contribution >= 0.6 is 28.1 Å². The van der Waals surface area contributed by atoms with E-state index in [0.717, 1.165) is 21.2 Å². The summed E-state index contributed by atoms with van der Waals surface area (Å²) in [6.07, 6.45) is 0. The molecule has 4 aromatic rings. The number of benzene rings is 3. The molecule has 0 saturated carbocycles. The molecule has 0 amide bonds. The Labute approximate surface area is 205 Å². The third kappa shape index (κ3) is 5.20. The molecule has 0 fully saturated rings. The standard InChI is InChI=1S/C24H23BrN4O3S/c1-30-20-11-7-6-10-18(20)23-27-28-24(33)29(23)26-14-17-12-21(31-2)22(13-19(17)25)32-15-16-8-4-3-5-9-16/h3-13,26H,14-15H2,1-2H3,(H,28,33). The average molecular weight is 527 g/mol. The lowest BCUT2D eigenvalue weighted by Gasteiger charge is -2.16. The number of methoxy groups -OCH3 is 2. The Morgan fingerprint density at radius 2 is 1.70 bits per heavy atom. The van der Waals surface area contributed by atoms with Gasteiger partial charge in [-0.1, -0.05) is 58.4 Å². The fourth-order valence-electron chi connectivity index (χ4n) is 3.34. The van der Waals surface area contributed by atoms with Gasteiger partial charge in [0.15, 0.2) is 17.3 Å². The number of ether oxygens (including phenoxy) is 3. The lowest BCUT2D eigenvalue weighted by atomic mass is 10.2. The maximum Gasteiger partial charge on any atom is 0.214 e. The lowest BCUT2D eigenvalue weighted by molar-refractivity contribution is 0.284. The molecule has 33 heavy (non-hydrogen) atoms. The summed E-state index contributed by atoms with van der Waals surface area (Å²) in [4.78, 5) is 0. The van der Waals surface area contributed by atoms with E-state index in [1.165, 1.54) is 0 Å². The van der Waals surface area contributed by atoms with Crippen molar-refractivity contribution in [3.63, 3.8) is 0 Å². The molecule has 0 atom stereocenters. The predicted octanol–water partition coefficient (Wildman–Crippen LogP) is 5.71. The zero-order chi connectivity index (χ0) is 23.2. The SMILES string of the molecule is COc1cc(CNn2c(-c3ccccc3OC)n[nH]c2=S)c(Br)cc1OCc1ccccc1. The van der Waals surface area contributed by atoms with Crippen molar-refractivity contribution < 1.29 is 14.2 Å². The molecule has 0 radical (unpaired) electrons. The smallest absolute Gasteiger partial charge is 0.214 e. The summed E-state index contributed by atoms with van der Waals surface area (Å²) in [5.41, 5.74) is 6.20. The second kappa shape index (κ2) is 10.5. The molecule has 3 aromatic carbocycles. The number of rotatable bonds is 9. The molecule has 4 rings (SSSR count). The van der Waals surface area contributed by atoms with E-state index in [1.807, 2.05) is 66.7 Å². The maximum absolute atomic E-state index is 6.00. The highest BCUT2D eigenvalue weighted by atomic mass is 79.9. The largest absolute Gasteiger partial charge is 0.496 e. The highest BCUT2D eigenvalue weighted by molar-refractivity contribution is 9.10. The number of hydrogen-bond acceptors (Lipinski definition) is 6. The minimum Gasteiger partial charge on any atom is -0.496 e. The summed E-state index contributed by atoms with van der Waals surface area (Å²) in [6, 6.07) is 21.5. The molecular formula is C24H23BrN4O3S. The molecule has 9 heteroatoms. The van der Waals surface area contributed by atoms with E-state index in [1.54, 1.807) is 18.9 Å². The van der Waals surface area contributed by atoms with Crippen LogP contribution in [0.2, 0.25) is 0 Å². The number of H-pyrrole nitrogens is 1. The fourth-order valence-corrected chi connectivity index (χ4v) is 4.00. The number of aromatic nitrogens is 3. The zero-order valence-electron chi connectivity index (χ0n) is 18.2. The average Bonchev–Trinajstić information content (AvgIpc) is 3.22. The van der Waals surface area contributed by atoms with E-state index in [-0.39, 0.29) is 0 Å². The van der Waals surface area contributed by atoms with Gasteiger partial charge in [-0.25, -0.2) is 9.77 Å². The molecule has 0 aliphatic rings. The Hall–Kier alpha value is -3.30. The third-order valence-corrected chi connectivity index (χ3v) is 6.03. The molecule has 0 aliphatic heterocycles. The Bertz CT molecular complexity index is 1290. The van der Waals surface area contributed by atoms with Gasteiger partial charge in [0.25, 0.3) is 0 Å². The van der Waals surface area contributed by atoms with E-state index < -0.39 is 0 Å². The highest BCUT2D eigenvalue weighted by Crippen LogP contribution is 2.34. The van der Waals surface area contributed by atoms with Gasteiger partial charge in [-0.05, 0) is 47.6 Å². The van der Waals surface area contributed by atoms with Gasteiger partial charge < -0.3 is 19.6 Å². The zero-order valence-corrected chi connectivity index (χ0v) is 20.6. The van der Waals surface area contributed by atoms with Gasteiger partial charge in [0.2, 0.25) is 4.77 Å². The Kier molecular flexibility index (Phi) is 7.31. The normalized spacial score (nSPS) is 10.6. The van der Waals surface area contributed by atoms with Crippen molar-refractivity contribution in [3.05, 3.63) is 87.1 Å². The summed E-state index contributed by atoms with van der Waals surface area (Å²) in [5, 5.41) is 7.22. The van der Waals surface area contributed by atoms with Gasteiger partial charge in [-0.15, -0.1) is 0 Å². The van der Waals surface area contributed by atoms with Crippen LogP contribution in [0.25, 0.3) is 11.4 Å². The van der Waals surface area contributed by atoms with Crippen LogP contribution in [-0.4, -0.2) is 29.1 Å². The third-order valence-electron chi connectivity index (χ3n) is 5.02. The van der Waals surface area contributed by atoms with Crippen molar-refractivity contribution in [2.45, 2.75) is 13.2 Å². The van der Waals surface area contributed by atoms with Gasteiger partial charge in [0, 0.05) is 4.47 Å². The van der Waals surface area contributed by atoms with E-state index in [2.05, 4.69) is 31.6 Å². The summed E-state index contributed by atoms with van der Waals surface area (Å²) in [7, 11) is 3.25. The molecule has 0 spiro atoms. The molecule has 2 N–H and O–H groups in total. The van der Waals surface area contributed by atoms with Crippen molar-refractivity contribution >= 4 is 28.1 Å². The van der Waals surface area contributed by atoms with Gasteiger partial charge in [-0.3, -0.25) is 0 Å². The number of hydrogen-bond donors (Lipinski definition) is 2. The minimum atomic E-state index is 0.446. The molecule has 0 bridgehead atoms. The summed E-state index contributed by atoms with van der Waals surface area (Å²) >= 11 is 9.09. The first-order valence-corrected chi connectivity index (χ1v) is 11.4. The van der Waals surface area contributed by atoms with Crippen LogP contribution in [0, 0.1) is 4.77 Å². The summed E-state index contributed by atoms with van der Waals surface area (Å²) < 4.78 is 20.1. The quantitative estimate of drug-likeness (QED) is 0.272. The van der Waals surface area contributed by atoms with Crippen LogP contribution in [0.3, 0.4) is 0 Å². The molecule has 0 unspecified atom stereocenters. The molecular weight excluding hydrogens is 504 g/mol. The predicted molar refractivity (Wildman–Crippen MR) is 134 cm³/mol. The Morgan fingerprint density at radius 3 is 2.45 bits per heavy atom. The Morgan fingerprint density at radius 1 is 0.970 bits per heavy atom. The van der Waals surface area contributed by atoms with Crippen LogP contribution in [0.1, 0.15) is 11.1 Å². The first-order chi connectivity index (χ1) is 16.1. The van der Waals surface area contributed by atoms with Crippen LogP contribution in [-0.2, 0) is 13.2 Å². The lowest BCUT2D eigenvalue weighted by Crippen LogP contribution is -2.16. The number of para-hydroxylation sites is 1. The molecule has 7 nitrogen and oxygen atoms in total. The Balaban J connectivity index is 1.55. The van der Waals surface area contributed by atoms with Gasteiger partial charge in [-0.2, -0.15) is 5.10 Å². The van der Waals surface area contributed by atoms with E-state index in [0.29, 0.717) is 41.0 Å². The first-order valence-electron chi connectivity index (χ1n) is 10.2. The molecule has 1 aromatic heterocycles. The van der Waals surface area contributed by atoms with E-state index >= 15 is 0 Å². The van der Waals surface area contributed by atoms with Crippen molar-refractivity contribution in [2.24, 2.45) is 0 Å². The van der Waals surface area contributed by atoms with Crippen LogP contribution in [0.4, 0.5) is 0 Å². The van der Waals surface area contributed by atoms with Crippen LogP contribution in [0.15, 0.2) is 71.2 Å². The topological polar surface area (TPSA) is 73.3 Å².